The average molecular weight is 424 g/mol. The fourth-order valence-electron chi connectivity index (χ4n) is 4.52. The molecule has 0 bridgehead atoms. The van der Waals surface area contributed by atoms with Crippen LogP contribution in [0.25, 0.3) is 22.3 Å². The van der Waals surface area contributed by atoms with Crippen LogP contribution in [0.3, 0.4) is 0 Å². The summed E-state index contributed by atoms with van der Waals surface area (Å²) in [5.74, 6) is -0.327. The van der Waals surface area contributed by atoms with Gasteiger partial charge in [-0.15, -0.1) is 0 Å². The third kappa shape index (κ3) is 3.10. The molecule has 8 heteroatoms. The van der Waals surface area contributed by atoms with Crippen LogP contribution in [-0.2, 0) is 34.1 Å². The predicted octanol–water partition coefficient (Wildman–Crippen LogP) is 2.89. The molecular weight excluding hydrogens is 403 g/mol. The topological polar surface area (TPSA) is 90.7 Å². The number of fused-ring (bicyclic) bond motifs is 5. The van der Waals surface area contributed by atoms with Gasteiger partial charge in [-0.3, -0.25) is 9.59 Å². The Hall–Kier alpha value is -2.94. The quantitative estimate of drug-likeness (QED) is 0.301. The number of hydrogen-bond donors (Lipinski definition) is 1. The Kier molecular flexibility index (Phi) is 4.92. The molecule has 31 heavy (non-hydrogen) atoms. The summed E-state index contributed by atoms with van der Waals surface area (Å²) in [5, 5.41) is 9.96. The Morgan fingerprint density at radius 1 is 1.32 bits per heavy atom. The van der Waals surface area contributed by atoms with Crippen molar-refractivity contribution < 1.29 is 24.1 Å². The van der Waals surface area contributed by atoms with E-state index in [9.17, 15) is 14.0 Å². The molecule has 1 atom stereocenters. The average Bonchev–Trinajstić information content (AvgIpc) is 3.13. The summed E-state index contributed by atoms with van der Waals surface area (Å²) in [6.07, 6.45) is 1.65. The summed E-state index contributed by atoms with van der Waals surface area (Å²) in [7, 11) is 0. The van der Waals surface area contributed by atoms with E-state index in [-0.39, 0.29) is 24.6 Å². The molecule has 1 N–H and O–H groups in total. The number of halogens is 1. The normalized spacial score (nSPS) is 16.8. The third-order valence-electron chi connectivity index (χ3n) is 6.18. The third-order valence-corrected chi connectivity index (χ3v) is 6.18. The minimum Gasteiger partial charge on any atom is -0.396 e. The molecule has 0 aliphatic carbocycles. The Bertz CT molecular complexity index is 1280. The zero-order valence-electron chi connectivity index (χ0n) is 17.0. The van der Waals surface area contributed by atoms with E-state index in [1.807, 2.05) is 6.07 Å². The summed E-state index contributed by atoms with van der Waals surface area (Å²) < 4.78 is 16.3. The maximum Gasteiger partial charge on any atom is 0.257 e. The SMILES string of the molecule is Cc1c(F)cc2nc3c(cc2c1CCCCO)Cn1c-3cc2c(c1=O)COOC2C=O. The zero-order valence-corrected chi connectivity index (χ0v) is 17.0. The number of aryl methyl sites for hydroxylation is 1. The first kappa shape index (κ1) is 20.0. The van der Waals surface area contributed by atoms with E-state index in [0.29, 0.717) is 59.3 Å². The van der Waals surface area contributed by atoms with Crippen molar-refractivity contribution in [2.75, 3.05) is 6.61 Å². The van der Waals surface area contributed by atoms with E-state index in [1.54, 1.807) is 17.6 Å². The molecule has 0 saturated heterocycles. The van der Waals surface area contributed by atoms with E-state index < -0.39 is 6.10 Å². The lowest BCUT2D eigenvalue weighted by Crippen LogP contribution is -2.29. The first-order chi connectivity index (χ1) is 15.0. The van der Waals surface area contributed by atoms with Crippen molar-refractivity contribution in [2.45, 2.75) is 45.4 Å². The van der Waals surface area contributed by atoms with E-state index in [2.05, 4.69) is 0 Å². The Morgan fingerprint density at radius 2 is 2.16 bits per heavy atom. The van der Waals surface area contributed by atoms with E-state index in [1.165, 1.54) is 6.07 Å². The Morgan fingerprint density at radius 3 is 2.94 bits per heavy atom. The molecule has 0 radical (unpaired) electrons. The minimum absolute atomic E-state index is 0.0239. The molecular formula is C23H21FN2O5. The van der Waals surface area contributed by atoms with E-state index >= 15 is 0 Å². The van der Waals surface area contributed by atoms with Gasteiger partial charge in [0.25, 0.3) is 5.56 Å². The van der Waals surface area contributed by atoms with Crippen molar-refractivity contribution in [2.24, 2.45) is 0 Å². The van der Waals surface area contributed by atoms with Crippen LogP contribution in [0.5, 0.6) is 0 Å². The van der Waals surface area contributed by atoms with Gasteiger partial charge in [-0.1, -0.05) is 0 Å². The van der Waals surface area contributed by atoms with E-state index in [4.69, 9.17) is 19.9 Å². The van der Waals surface area contributed by atoms with E-state index in [0.717, 1.165) is 22.9 Å². The van der Waals surface area contributed by atoms with Gasteiger partial charge in [0.1, 0.15) is 12.4 Å². The van der Waals surface area contributed by atoms with Gasteiger partial charge in [-0.25, -0.2) is 19.1 Å². The highest BCUT2D eigenvalue weighted by molar-refractivity contribution is 5.88. The van der Waals surface area contributed by atoms with Crippen molar-refractivity contribution in [3.63, 3.8) is 0 Å². The van der Waals surface area contributed by atoms with Crippen LogP contribution in [-0.4, -0.2) is 27.6 Å². The highest BCUT2D eigenvalue weighted by Crippen LogP contribution is 2.37. The number of nitrogens with zero attached hydrogens (tertiary/aromatic N) is 2. The van der Waals surface area contributed by atoms with Crippen LogP contribution in [0, 0.1) is 12.7 Å². The number of hydrogen-bond acceptors (Lipinski definition) is 6. The molecule has 3 aromatic rings. The Balaban J connectivity index is 1.69. The molecule has 2 aliphatic heterocycles. The number of aliphatic hydroxyl groups excluding tert-OH is 1. The summed E-state index contributed by atoms with van der Waals surface area (Å²) in [6, 6.07) is 5.15. The van der Waals surface area contributed by atoms with Gasteiger partial charge in [-0.05, 0) is 49.4 Å². The van der Waals surface area contributed by atoms with Crippen molar-refractivity contribution in [3.05, 3.63) is 62.2 Å². The van der Waals surface area contributed by atoms with Gasteiger partial charge in [-0.2, -0.15) is 0 Å². The fraction of sp³-hybridized carbons (Fsp3) is 0.348. The first-order valence-corrected chi connectivity index (χ1v) is 10.3. The molecule has 7 nitrogen and oxygen atoms in total. The predicted molar refractivity (Wildman–Crippen MR) is 110 cm³/mol. The van der Waals surface area contributed by atoms with Crippen LogP contribution in [0.4, 0.5) is 4.39 Å². The maximum atomic E-state index is 14.6. The van der Waals surface area contributed by atoms with Gasteiger partial charge in [0, 0.05) is 29.2 Å². The van der Waals surface area contributed by atoms with Crippen LogP contribution in [0.1, 0.15) is 46.8 Å². The molecule has 160 valence electrons. The molecule has 2 aromatic heterocycles. The molecule has 2 aliphatic rings. The number of unbranched alkanes of at least 4 members (excludes halogenated alkanes) is 1. The highest BCUT2D eigenvalue weighted by atomic mass is 19.1. The second-order valence-electron chi connectivity index (χ2n) is 7.98. The molecule has 1 aromatic carbocycles. The fourth-order valence-corrected chi connectivity index (χ4v) is 4.52. The van der Waals surface area contributed by atoms with Gasteiger partial charge in [0.15, 0.2) is 12.4 Å². The van der Waals surface area contributed by atoms with Crippen LogP contribution in [0.2, 0.25) is 0 Å². The van der Waals surface area contributed by atoms with Gasteiger partial charge < -0.3 is 9.67 Å². The number of rotatable bonds is 5. The monoisotopic (exact) mass is 424 g/mol. The number of aliphatic hydroxyl groups is 1. The van der Waals surface area contributed by atoms with Crippen molar-refractivity contribution in [3.8, 4) is 11.4 Å². The van der Waals surface area contributed by atoms with Crippen molar-refractivity contribution in [1.29, 1.82) is 0 Å². The lowest BCUT2D eigenvalue weighted by molar-refractivity contribution is -0.334. The van der Waals surface area contributed by atoms with Gasteiger partial charge in [0.2, 0.25) is 0 Å². The minimum atomic E-state index is -0.968. The summed E-state index contributed by atoms with van der Waals surface area (Å²) in [4.78, 5) is 39.1. The molecule has 0 fully saturated rings. The van der Waals surface area contributed by atoms with Crippen LogP contribution in [0.15, 0.2) is 23.0 Å². The van der Waals surface area contributed by atoms with Crippen LogP contribution < -0.4 is 5.56 Å². The number of carbonyl (C=O) groups excluding carboxylic acids is 1. The highest BCUT2D eigenvalue weighted by Gasteiger charge is 2.31. The number of carbonyl (C=O) groups is 1. The first-order valence-electron chi connectivity index (χ1n) is 10.3. The molecule has 0 saturated carbocycles. The summed E-state index contributed by atoms with van der Waals surface area (Å²) in [6.45, 7) is 2.17. The number of aldehydes is 1. The second kappa shape index (κ2) is 7.64. The van der Waals surface area contributed by atoms with Gasteiger partial charge >= 0.3 is 0 Å². The van der Waals surface area contributed by atoms with Crippen molar-refractivity contribution in [1.82, 2.24) is 9.55 Å². The summed E-state index contributed by atoms with van der Waals surface area (Å²) >= 11 is 0. The largest absolute Gasteiger partial charge is 0.396 e. The lowest BCUT2D eigenvalue weighted by atomic mass is 9.95. The molecule has 5 rings (SSSR count). The summed E-state index contributed by atoms with van der Waals surface area (Å²) in [5.41, 5.74) is 4.67. The molecule has 0 amide bonds. The number of aromatic nitrogens is 2. The lowest BCUT2D eigenvalue weighted by Gasteiger charge is -2.21. The zero-order chi connectivity index (χ0) is 21.7. The van der Waals surface area contributed by atoms with Crippen LogP contribution >= 0.6 is 0 Å². The maximum absolute atomic E-state index is 14.6. The molecule has 0 spiro atoms. The second-order valence-corrected chi connectivity index (χ2v) is 7.98. The molecule has 4 heterocycles. The smallest absolute Gasteiger partial charge is 0.257 e. The molecule has 1 unspecified atom stereocenters. The number of pyridine rings is 2. The Labute approximate surface area is 177 Å². The van der Waals surface area contributed by atoms with Gasteiger partial charge in [0.05, 0.1) is 29.0 Å². The number of benzene rings is 1. The van der Waals surface area contributed by atoms with Crippen molar-refractivity contribution >= 4 is 17.2 Å². The standard InChI is InChI=1S/C23H21FN2O5/c1-12-14(4-2-3-5-27)15-6-13-9-26-20(22(13)25-19(15)8-18(12)24)7-16-17(23(26)29)11-30-31-21(16)10-28/h6-8,10,21,27H,2-5,9,11H2,1H3.